The van der Waals surface area contributed by atoms with Crippen molar-refractivity contribution in [3.8, 4) is 0 Å². The van der Waals surface area contributed by atoms with E-state index in [9.17, 15) is 9.59 Å². The number of nitrogens with zero attached hydrogens (tertiary/aromatic N) is 1. The van der Waals surface area contributed by atoms with Gasteiger partial charge in [-0.15, -0.1) is 0 Å². The molecule has 5 heteroatoms. The van der Waals surface area contributed by atoms with E-state index in [4.69, 9.17) is 0 Å². The van der Waals surface area contributed by atoms with Crippen LogP contribution < -0.4 is 5.32 Å². The van der Waals surface area contributed by atoms with Gasteiger partial charge in [-0.05, 0) is 57.3 Å². The molecule has 1 aromatic rings. The molecule has 1 unspecified atom stereocenters. The maximum atomic E-state index is 12.6. The maximum Gasteiger partial charge on any atom is 0.302 e. The summed E-state index contributed by atoms with van der Waals surface area (Å²) in [7, 11) is 1.35. The van der Waals surface area contributed by atoms with E-state index in [1.165, 1.54) is 20.5 Å². The molecule has 27 heavy (non-hydrogen) atoms. The van der Waals surface area contributed by atoms with Crippen LogP contribution in [-0.4, -0.2) is 43.0 Å². The number of ether oxygens (including phenoxy) is 1. The largest absolute Gasteiger partial charge is 0.469 e. The van der Waals surface area contributed by atoms with Gasteiger partial charge < -0.3 is 10.1 Å². The second-order valence-corrected chi connectivity index (χ2v) is 6.50. The number of benzene rings is 1. The third kappa shape index (κ3) is 9.05. The second kappa shape index (κ2) is 14.2. The second-order valence-electron chi connectivity index (χ2n) is 6.50. The van der Waals surface area contributed by atoms with Crippen molar-refractivity contribution in [2.75, 3.05) is 25.5 Å². The van der Waals surface area contributed by atoms with Gasteiger partial charge in [-0.3, -0.25) is 14.5 Å². The monoisotopic (exact) mass is 378 g/mol. The first-order chi connectivity index (χ1) is 12.9. The Morgan fingerprint density at radius 3 is 2.22 bits per heavy atom. The highest BCUT2D eigenvalue weighted by molar-refractivity contribution is 5.96. The minimum atomic E-state index is -0.245. The number of likely N-dealkylation sites (tertiary alicyclic amines) is 1. The molecule has 1 saturated heterocycles. The predicted octanol–water partition coefficient (Wildman–Crippen LogP) is 4.71. The fourth-order valence-electron chi connectivity index (χ4n) is 3.06. The van der Waals surface area contributed by atoms with Crippen LogP contribution in [0.5, 0.6) is 0 Å². The number of carbonyl (C=O) groups excluding carboxylic acids is 2. The van der Waals surface area contributed by atoms with Crippen molar-refractivity contribution in [1.29, 1.82) is 0 Å². The molecule has 0 aliphatic carbocycles. The fraction of sp³-hybridized carbons (Fsp3) is 0.636. The van der Waals surface area contributed by atoms with Crippen LogP contribution in [0.4, 0.5) is 5.69 Å². The molecule has 0 radical (unpaired) electrons. The number of piperidine rings is 1. The van der Waals surface area contributed by atoms with Crippen molar-refractivity contribution in [1.82, 2.24) is 4.90 Å². The number of nitrogens with one attached hydrogen (secondary N) is 1. The van der Waals surface area contributed by atoms with E-state index in [0.717, 1.165) is 49.2 Å². The fourth-order valence-corrected chi connectivity index (χ4v) is 3.06. The third-order valence-electron chi connectivity index (χ3n) is 4.44. The van der Waals surface area contributed by atoms with E-state index in [0.29, 0.717) is 0 Å². The van der Waals surface area contributed by atoms with Crippen molar-refractivity contribution in [2.24, 2.45) is 0 Å². The van der Waals surface area contributed by atoms with Crippen molar-refractivity contribution in [3.63, 3.8) is 0 Å². The first-order valence-electron chi connectivity index (χ1n) is 10.1. The van der Waals surface area contributed by atoms with E-state index in [1.807, 2.05) is 45.9 Å². The molecule has 0 aromatic heterocycles. The van der Waals surface area contributed by atoms with E-state index >= 15 is 0 Å². The Morgan fingerprint density at radius 1 is 1.19 bits per heavy atom. The Hall–Kier alpha value is -1.88. The first-order valence-corrected chi connectivity index (χ1v) is 10.1. The normalized spacial score (nSPS) is 16.2. The number of rotatable bonds is 4. The zero-order valence-corrected chi connectivity index (χ0v) is 18.2. The van der Waals surface area contributed by atoms with E-state index in [-0.39, 0.29) is 17.9 Å². The summed E-state index contributed by atoms with van der Waals surface area (Å²) in [6, 6.07) is 6.17. The van der Waals surface area contributed by atoms with Crippen molar-refractivity contribution in [2.45, 2.75) is 73.3 Å². The van der Waals surface area contributed by atoms with Crippen molar-refractivity contribution >= 4 is 17.6 Å². The van der Waals surface area contributed by atoms with Crippen molar-refractivity contribution in [3.05, 3.63) is 29.3 Å². The molecular weight excluding hydrogens is 340 g/mol. The van der Waals surface area contributed by atoms with Gasteiger partial charge in [-0.1, -0.05) is 45.4 Å². The summed E-state index contributed by atoms with van der Waals surface area (Å²) >= 11 is 0. The lowest BCUT2D eigenvalue weighted by molar-refractivity contribution is -0.138. The van der Waals surface area contributed by atoms with Gasteiger partial charge in [-0.25, -0.2) is 0 Å². The van der Waals surface area contributed by atoms with Crippen LogP contribution >= 0.6 is 0 Å². The molecule has 1 N–H and O–H groups in total. The third-order valence-corrected chi connectivity index (χ3v) is 4.44. The Bertz CT molecular complexity index is 550. The minimum Gasteiger partial charge on any atom is -0.469 e. The minimum absolute atomic E-state index is 0.0442. The van der Waals surface area contributed by atoms with Crippen LogP contribution in [0.1, 0.15) is 64.5 Å². The van der Waals surface area contributed by atoms with Gasteiger partial charge in [-0.2, -0.15) is 0 Å². The molecule has 1 amide bonds. The Balaban J connectivity index is 0.000000838. The van der Waals surface area contributed by atoms with Crippen LogP contribution in [-0.2, 0) is 14.3 Å². The Labute approximate surface area is 165 Å². The molecule has 0 bridgehead atoms. The van der Waals surface area contributed by atoms with Crippen LogP contribution in [0.15, 0.2) is 18.2 Å². The number of para-hydroxylation sites is 1. The van der Waals surface area contributed by atoms with Gasteiger partial charge in [0, 0.05) is 12.6 Å². The van der Waals surface area contributed by atoms with Gasteiger partial charge in [0.15, 0.2) is 0 Å². The highest BCUT2D eigenvalue weighted by Crippen LogP contribution is 2.23. The van der Waals surface area contributed by atoms with Crippen LogP contribution in [0.3, 0.4) is 0 Å². The lowest BCUT2D eigenvalue weighted by Gasteiger charge is -2.34. The molecule has 1 fully saturated rings. The van der Waals surface area contributed by atoms with Gasteiger partial charge >= 0.3 is 5.97 Å². The number of hydrogen-bond donors (Lipinski definition) is 1. The number of esters is 1. The average Bonchev–Trinajstić information content (AvgIpc) is 2.67. The standard InChI is InChI=1S/C17H26N2O.C3H6O2.C2H6/c1-4-11-19-12-6-5-10-15(19)17(20)18-16-13(2)8-7-9-14(16)3;1-3(4)5-2;1-2/h7-9,15H,4-6,10-12H2,1-3H3,(H,18,20);1-2H3;1-2H3. The molecule has 1 aliphatic heterocycles. The summed E-state index contributed by atoms with van der Waals surface area (Å²) in [6.07, 6.45) is 4.46. The molecule has 1 heterocycles. The van der Waals surface area contributed by atoms with E-state index in [1.54, 1.807) is 0 Å². The average molecular weight is 379 g/mol. The topological polar surface area (TPSA) is 58.6 Å². The lowest BCUT2D eigenvalue weighted by Crippen LogP contribution is -2.47. The molecule has 2 rings (SSSR count). The molecule has 0 spiro atoms. The highest BCUT2D eigenvalue weighted by atomic mass is 16.5. The molecule has 1 atom stereocenters. The quantitative estimate of drug-likeness (QED) is 0.771. The molecular formula is C22H38N2O3. The maximum absolute atomic E-state index is 12.6. The number of carbonyl (C=O) groups is 2. The lowest BCUT2D eigenvalue weighted by atomic mass is 10.0. The van der Waals surface area contributed by atoms with Crippen LogP contribution in [0, 0.1) is 13.8 Å². The number of hydrogen-bond acceptors (Lipinski definition) is 4. The summed E-state index contributed by atoms with van der Waals surface area (Å²) in [4.78, 5) is 24.5. The summed E-state index contributed by atoms with van der Waals surface area (Å²) < 4.78 is 4.11. The number of aryl methyl sites for hydroxylation is 2. The Morgan fingerprint density at radius 2 is 1.74 bits per heavy atom. The van der Waals surface area contributed by atoms with Crippen molar-refractivity contribution < 1.29 is 14.3 Å². The zero-order chi connectivity index (χ0) is 20.8. The number of anilines is 1. The predicted molar refractivity (Wildman–Crippen MR) is 113 cm³/mol. The Kier molecular flexibility index (Phi) is 13.2. The molecule has 1 aliphatic rings. The smallest absolute Gasteiger partial charge is 0.302 e. The van der Waals surface area contributed by atoms with Gasteiger partial charge in [0.05, 0.1) is 13.2 Å². The highest BCUT2D eigenvalue weighted by Gasteiger charge is 2.28. The first kappa shape index (κ1) is 25.1. The van der Waals surface area contributed by atoms with Crippen LogP contribution in [0.25, 0.3) is 0 Å². The van der Waals surface area contributed by atoms with E-state index in [2.05, 4.69) is 21.9 Å². The summed E-state index contributed by atoms with van der Waals surface area (Å²) in [5, 5.41) is 3.16. The zero-order valence-electron chi connectivity index (χ0n) is 18.2. The molecule has 0 saturated carbocycles. The van der Waals surface area contributed by atoms with Gasteiger partial charge in [0.1, 0.15) is 0 Å². The van der Waals surface area contributed by atoms with E-state index < -0.39 is 0 Å². The molecule has 5 nitrogen and oxygen atoms in total. The SMILES string of the molecule is CC.CCCN1CCCCC1C(=O)Nc1c(C)cccc1C.COC(C)=O. The summed E-state index contributed by atoms with van der Waals surface area (Å²) in [6.45, 7) is 13.7. The molecule has 154 valence electrons. The summed E-state index contributed by atoms with van der Waals surface area (Å²) in [5.41, 5.74) is 3.26. The number of methoxy groups -OCH3 is 1. The van der Waals surface area contributed by atoms with Gasteiger partial charge in [0.2, 0.25) is 5.91 Å². The van der Waals surface area contributed by atoms with Gasteiger partial charge in [0.25, 0.3) is 0 Å². The molecule has 1 aromatic carbocycles. The number of amides is 1. The summed E-state index contributed by atoms with van der Waals surface area (Å²) in [5.74, 6) is -0.0828. The van der Waals surface area contributed by atoms with Crippen LogP contribution in [0.2, 0.25) is 0 Å².